The third kappa shape index (κ3) is 4.78. The van der Waals surface area contributed by atoms with Gasteiger partial charge in [0.1, 0.15) is 5.76 Å². The van der Waals surface area contributed by atoms with E-state index >= 15 is 0 Å². The van der Waals surface area contributed by atoms with Crippen LogP contribution in [0.5, 0.6) is 0 Å². The Morgan fingerprint density at radius 1 is 1.53 bits per heavy atom. The molecule has 0 heterocycles. The lowest BCUT2D eigenvalue weighted by Gasteiger charge is -2.12. The predicted molar refractivity (Wildman–Crippen MR) is 78.4 cm³/mol. The second-order valence-electron chi connectivity index (χ2n) is 4.70. The van der Waals surface area contributed by atoms with Crippen molar-refractivity contribution in [1.82, 2.24) is 0 Å². The van der Waals surface area contributed by atoms with Crippen LogP contribution in [0, 0.1) is 0 Å². The number of hydrogen-bond acceptors (Lipinski definition) is 2. The van der Waals surface area contributed by atoms with Crippen LogP contribution in [-0.4, -0.2) is 13.0 Å². The maximum absolute atomic E-state index is 11.5. The van der Waals surface area contributed by atoms with Crippen LogP contribution in [0.2, 0.25) is 0 Å². The minimum Gasteiger partial charge on any atom is -0.501 e. The van der Waals surface area contributed by atoms with E-state index in [9.17, 15) is 4.79 Å². The molecular formula is C16H23NO2. The SMILES string of the molecule is CC/C(C)=C(/C=C(/CC1=CC=CCC1)OC)C(N)=O. The fourth-order valence-corrected chi connectivity index (χ4v) is 1.96. The van der Waals surface area contributed by atoms with Gasteiger partial charge in [-0.05, 0) is 32.3 Å². The first kappa shape index (κ1) is 15.3. The highest BCUT2D eigenvalue weighted by Crippen LogP contribution is 2.22. The summed E-state index contributed by atoms with van der Waals surface area (Å²) in [4.78, 5) is 11.5. The number of primary amides is 1. The molecule has 0 aromatic rings. The minimum atomic E-state index is -0.397. The topological polar surface area (TPSA) is 52.3 Å². The van der Waals surface area contributed by atoms with Crippen molar-refractivity contribution >= 4 is 5.91 Å². The molecule has 2 N–H and O–H groups in total. The summed E-state index contributed by atoms with van der Waals surface area (Å²) in [6, 6.07) is 0. The molecule has 0 fully saturated rings. The van der Waals surface area contributed by atoms with Crippen LogP contribution < -0.4 is 5.73 Å². The first-order valence-electron chi connectivity index (χ1n) is 6.67. The molecule has 0 spiro atoms. The molecule has 0 atom stereocenters. The standard InChI is InChI=1S/C16H23NO2/c1-4-12(2)15(16(17)18)11-14(19-3)10-13-8-6-5-7-9-13/h5-6,8,11H,4,7,9-10H2,1-3H3,(H2,17,18)/b14-11-,15-12-. The molecule has 19 heavy (non-hydrogen) atoms. The Hall–Kier alpha value is -1.77. The Labute approximate surface area is 115 Å². The molecule has 3 nitrogen and oxygen atoms in total. The average Bonchev–Trinajstić information content (AvgIpc) is 2.43. The first-order valence-corrected chi connectivity index (χ1v) is 6.67. The van der Waals surface area contributed by atoms with E-state index in [2.05, 4.69) is 18.2 Å². The summed E-state index contributed by atoms with van der Waals surface area (Å²) in [5.41, 5.74) is 8.29. The van der Waals surface area contributed by atoms with E-state index in [0.29, 0.717) is 5.57 Å². The normalized spacial score (nSPS) is 16.8. The van der Waals surface area contributed by atoms with E-state index in [0.717, 1.165) is 37.0 Å². The second kappa shape index (κ2) is 7.62. The van der Waals surface area contributed by atoms with Crippen molar-refractivity contribution < 1.29 is 9.53 Å². The van der Waals surface area contributed by atoms with Crippen LogP contribution in [0.4, 0.5) is 0 Å². The molecule has 0 bridgehead atoms. The molecule has 0 unspecified atom stereocenters. The summed E-state index contributed by atoms with van der Waals surface area (Å²) >= 11 is 0. The Morgan fingerprint density at radius 2 is 2.26 bits per heavy atom. The Morgan fingerprint density at radius 3 is 2.74 bits per heavy atom. The number of ether oxygens (including phenoxy) is 1. The van der Waals surface area contributed by atoms with Gasteiger partial charge in [-0.1, -0.05) is 36.3 Å². The van der Waals surface area contributed by atoms with Crippen LogP contribution in [0.1, 0.15) is 39.5 Å². The van der Waals surface area contributed by atoms with Gasteiger partial charge in [-0.2, -0.15) is 0 Å². The zero-order valence-electron chi connectivity index (χ0n) is 12.0. The molecule has 1 rings (SSSR count). The number of methoxy groups -OCH3 is 1. The molecule has 0 saturated carbocycles. The second-order valence-corrected chi connectivity index (χ2v) is 4.70. The van der Waals surface area contributed by atoms with E-state index < -0.39 is 5.91 Å². The minimum absolute atomic E-state index is 0.397. The number of carbonyl (C=O) groups is 1. The van der Waals surface area contributed by atoms with Gasteiger partial charge in [-0.25, -0.2) is 0 Å². The van der Waals surface area contributed by atoms with E-state index in [1.165, 1.54) is 5.57 Å². The number of amides is 1. The molecular weight excluding hydrogens is 238 g/mol. The molecule has 0 aromatic carbocycles. The lowest BCUT2D eigenvalue weighted by atomic mass is 9.99. The third-order valence-corrected chi connectivity index (χ3v) is 3.32. The molecule has 0 aromatic heterocycles. The van der Waals surface area contributed by atoms with Gasteiger partial charge < -0.3 is 10.5 Å². The van der Waals surface area contributed by atoms with Gasteiger partial charge in [-0.3, -0.25) is 4.79 Å². The van der Waals surface area contributed by atoms with Gasteiger partial charge in [0.05, 0.1) is 7.11 Å². The van der Waals surface area contributed by atoms with Crippen LogP contribution in [0.3, 0.4) is 0 Å². The number of nitrogens with two attached hydrogens (primary N) is 1. The van der Waals surface area contributed by atoms with Gasteiger partial charge in [0.2, 0.25) is 5.91 Å². The van der Waals surface area contributed by atoms with E-state index in [1.807, 2.05) is 13.8 Å². The maximum atomic E-state index is 11.5. The lowest BCUT2D eigenvalue weighted by molar-refractivity contribution is -0.114. The van der Waals surface area contributed by atoms with Crippen LogP contribution in [0.15, 0.2) is 46.8 Å². The number of rotatable bonds is 6. The van der Waals surface area contributed by atoms with Crippen LogP contribution in [0.25, 0.3) is 0 Å². The molecule has 0 saturated heterocycles. The quantitative estimate of drug-likeness (QED) is 0.452. The fraction of sp³-hybridized carbons (Fsp3) is 0.438. The third-order valence-electron chi connectivity index (χ3n) is 3.32. The zero-order chi connectivity index (χ0) is 14.3. The monoisotopic (exact) mass is 261 g/mol. The summed E-state index contributed by atoms with van der Waals surface area (Å²) in [6.45, 7) is 3.93. The van der Waals surface area contributed by atoms with Crippen molar-refractivity contribution in [3.63, 3.8) is 0 Å². The van der Waals surface area contributed by atoms with Gasteiger partial charge in [0.15, 0.2) is 0 Å². The average molecular weight is 261 g/mol. The van der Waals surface area contributed by atoms with Gasteiger partial charge in [0, 0.05) is 12.0 Å². The summed E-state index contributed by atoms with van der Waals surface area (Å²) in [5, 5.41) is 0. The Balaban J connectivity index is 2.94. The van der Waals surface area contributed by atoms with E-state index in [1.54, 1.807) is 13.2 Å². The summed E-state index contributed by atoms with van der Waals surface area (Å²) in [5.74, 6) is 0.384. The molecule has 3 heteroatoms. The molecule has 0 aliphatic heterocycles. The highest BCUT2D eigenvalue weighted by Gasteiger charge is 2.10. The lowest BCUT2D eigenvalue weighted by Crippen LogP contribution is -2.14. The van der Waals surface area contributed by atoms with Gasteiger partial charge >= 0.3 is 0 Å². The fourth-order valence-electron chi connectivity index (χ4n) is 1.96. The van der Waals surface area contributed by atoms with Crippen molar-refractivity contribution in [2.24, 2.45) is 5.73 Å². The van der Waals surface area contributed by atoms with E-state index in [-0.39, 0.29) is 0 Å². The number of allylic oxidation sites excluding steroid dienone is 5. The highest BCUT2D eigenvalue weighted by molar-refractivity contribution is 5.95. The smallest absolute Gasteiger partial charge is 0.248 e. The molecule has 1 aliphatic carbocycles. The Kier molecular flexibility index (Phi) is 6.13. The van der Waals surface area contributed by atoms with E-state index in [4.69, 9.17) is 10.5 Å². The first-order chi connectivity index (χ1) is 9.08. The van der Waals surface area contributed by atoms with Gasteiger partial charge in [-0.15, -0.1) is 0 Å². The van der Waals surface area contributed by atoms with Crippen LogP contribution >= 0.6 is 0 Å². The summed E-state index contributed by atoms with van der Waals surface area (Å²) in [7, 11) is 1.63. The predicted octanol–water partition coefficient (Wildman–Crippen LogP) is 3.40. The van der Waals surface area contributed by atoms with Crippen molar-refractivity contribution in [3.05, 3.63) is 46.8 Å². The van der Waals surface area contributed by atoms with Crippen molar-refractivity contribution in [3.8, 4) is 0 Å². The van der Waals surface area contributed by atoms with Crippen molar-refractivity contribution in [2.75, 3.05) is 7.11 Å². The Bertz CT molecular complexity index is 453. The highest BCUT2D eigenvalue weighted by atomic mass is 16.5. The largest absolute Gasteiger partial charge is 0.501 e. The number of carbonyl (C=O) groups excluding carboxylic acids is 1. The van der Waals surface area contributed by atoms with Gasteiger partial charge in [0.25, 0.3) is 0 Å². The number of hydrogen-bond donors (Lipinski definition) is 1. The molecule has 1 amide bonds. The summed E-state index contributed by atoms with van der Waals surface area (Å²) < 4.78 is 5.38. The van der Waals surface area contributed by atoms with Crippen molar-refractivity contribution in [2.45, 2.75) is 39.5 Å². The summed E-state index contributed by atoms with van der Waals surface area (Å²) in [6.07, 6.45) is 11.7. The zero-order valence-corrected chi connectivity index (χ0v) is 12.0. The maximum Gasteiger partial charge on any atom is 0.248 e. The molecule has 0 radical (unpaired) electrons. The molecule has 104 valence electrons. The van der Waals surface area contributed by atoms with Crippen molar-refractivity contribution in [1.29, 1.82) is 0 Å². The van der Waals surface area contributed by atoms with Crippen LogP contribution in [-0.2, 0) is 9.53 Å². The molecule has 1 aliphatic rings.